The van der Waals surface area contributed by atoms with Crippen LogP contribution in [0.1, 0.15) is 17.5 Å². The van der Waals surface area contributed by atoms with Crippen molar-refractivity contribution in [3.05, 3.63) is 102 Å². The van der Waals surface area contributed by atoms with Gasteiger partial charge in [0, 0.05) is 69.4 Å². The number of anilines is 2. The molecule has 5 aromatic rings. The molecule has 3 aromatic heterocycles. The molecule has 2 atom stereocenters. The van der Waals surface area contributed by atoms with E-state index in [1.165, 1.54) is 12.1 Å². The third-order valence-electron chi connectivity index (χ3n) is 7.90. The highest BCUT2D eigenvalue weighted by molar-refractivity contribution is 7.22. The summed E-state index contributed by atoms with van der Waals surface area (Å²) in [5.74, 6) is -0.435. The monoisotopic (exact) mass is 704 g/mol. The third kappa shape index (κ3) is 10.9. The first-order chi connectivity index (χ1) is 24.4. The molecule has 0 aliphatic rings. The van der Waals surface area contributed by atoms with Gasteiger partial charge in [0.25, 0.3) is 0 Å². The number of ether oxygens (including phenoxy) is 3. The Morgan fingerprint density at radius 2 is 1.76 bits per heavy atom. The number of halogens is 1. The maximum atomic E-state index is 14.9. The van der Waals surface area contributed by atoms with E-state index in [9.17, 15) is 14.6 Å². The molecule has 5 rings (SSSR count). The molecule has 0 bridgehead atoms. The standard InChI is InChI=1S/C37H45FN6O5S/c1-44(29-5-3-2-4-6-29)36(46)23-35(45)43-28-8-10-33(30(38)21-28)49-16-12-27-11-14-41-32-22-34(50-37(27)32)31-9-7-26(25-42-31)24-40-15-18-48-20-19-47-17-13-39/h2-11,14,21-22,25,35-36,40,43,45-46H,12-13,15-20,23-24,39H2,1H3. The second-order valence-electron chi connectivity index (χ2n) is 11.6. The van der Waals surface area contributed by atoms with Gasteiger partial charge < -0.3 is 45.7 Å². The van der Waals surface area contributed by atoms with Crippen molar-refractivity contribution in [2.75, 3.05) is 63.4 Å². The number of benzene rings is 2. The van der Waals surface area contributed by atoms with Crippen molar-refractivity contribution in [2.45, 2.75) is 31.8 Å². The van der Waals surface area contributed by atoms with Gasteiger partial charge >= 0.3 is 0 Å². The molecule has 0 fully saturated rings. The van der Waals surface area contributed by atoms with Crippen LogP contribution in [0.3, 0.4) is 0 Å². The first-order valence-corrected chi connectivity index (χ1v) is 17.4. The number of hydrogen-bond donors (Lipinski definition) is 5. The summed E-state index contributed by atoms with van der Waals surface area (Å²) in [5, 5.41) is 27.2. The van der Waals surface area contributed by atoms with Crippen molar-refractivity contribution in [3.8, 4) is 16.3 Å². The summed E-state index contributed by atoms with van der Waals surface area (Å²) in [7, 11) is 1.74. The lowest BCUT2D eigenvalue weighted by Crippen LogP contribution is -2.36. The van der Waals surface area contributed by atoms with Gasteiger partial charge in [-0.3, -0.25) is 9.97 Å². The summed E-state index contributed by atoms with van der Waals surface area (Å²) in [6, 6.07) is 21.9. The summed E-state index contributed by atoms with van der Waals surface area (Å²) < 4.78 is 32.6. The normalized spacial score (nSPS) is 12.6. The quantitative estimate of drug-likeness (QED) is 0.0532. The molecule has 0 aliphatic carbocycles. The molecule has 0 radical (unpaired) electrons. The van der Waals surface area contributed by atoms with E-state index in [1.807, 2.05) is 54.7 Å². The molecule has 2 aromatic carbocycles. The lowest BCUT2D eigenvalue weighted by molar-refractivity contribution is 0.0518. The largest absolute Gasteiger partial charge is 0.490 e. The molecule has 50 heavy (non-hydrogen) atoms. The smallest absolute Gasteiger partial charge is 0.167 e. The van der Waals surface area contributed by atoms with E-state index < -0.39 is 18.3 Å². The molecule has 266 valence electrons. The van der Waals surface area contributed by atoms with Crippen molar-refractivity contribution >= 4 is 32.9 Å². The lowest BCUT2D eigenvalue weighted by atomic mass is 10.2. The second kappa shape index (κ2) is 19.3. The van der Waals surface area contributed by atoms with Crippen molar-refractivity contribution in [1.29, 1.82) is 0 Å². The first-order valence-electron chi connectivity index (χ1n) is 16.6. The summed E-state index contributed by atoms with van der Waals surface area (Å²) in [5.41, 5.74) is 10.5. The number of pyridine rings is 2. The SMILES string of the molecule is CN(c1ccccc1)C(O)CC(O)Nc1ccc(OCCc2ccnc3cc(-c4ccc(CNCCOCCOCCN)cn4)sc23)c(F)c1. The summed E-state index contributed by atoms with van der Waals surface area (Å²) in [4.78, 5) is 11.9. The highest BCUT2D eigenvalue weighted by Gasteiger charge is 2.18. The molecule has 2 unspecified atom stereocenters. The van der Waals surface area contributed by atoms with Crippen LogP contribution in [0.4, 0.5) is 15.8 Å². The number of hydrogen-bond acceptors (Lipinski definition) is 12. The van der Waals surface area contributed by atoms with E-state index >= 15 is 0 Å². The minimum absolute atomic E-state index is 0.0131. The predicted octanol–water partition coefficient (Wildman–Crippen LogP) is 4.78. The second-order valence-corrected chi connectivity index (χ2v) is 12.7. The zero-order valence-corrected chi connectivity index (χ0v) is 28.9. The lowest BCUT2D eigenvalue weighted by Gasteiger charge is -2.27. The number of aliphatic hydroxyl groups excluding tert-OH is 2. The number of rotatable bonds is 21. The van der Waals surface area contributed by atoms with E-state index in [0.717, 1.165) is 44.1 Å². The van der Waals surface area contributed by atoms with Gasteiger partial charge in [0.2, 0.25) is 0 Å². The van der Waals surface area contributed by atoms with Crippen LogP contribution in [0.2, 0.25) is 0 Å². The first kappa shape index (κ1) is 37.1. The van der Waals surface area contributed by atoms with E-state index in [1.54, 1.807) is 35.5 Å². The fourth-order valence-corrected chi connectivity index (χ4v) is 6.33. The number of thiophene rings is 1. The van der Waals surface area contributed by atoms with Crippen molar-refractivity contribution in [3.63, 3.8) is 0 Å². The molecule has 0 amide bonds. The molecular weight excluding hydrogens is 660 g/mol. The molecule has 11 nitrogen and oxygen atoms in total. The van der Waals surface area contributed by atoms with Crippen LogP contribution in [-0.2, 0) is 22.4 Å². The Morgan fingerprint density at radius 3 is 2.52 bits per heavy atom. The zero-order valence-electron chi connectivity index (χ0n) is 28.1. The maximum absolute atomic E-state index is 14.9. The van der Waals surface area contributed by atoms with E-state index in [0.29, 0.717) is 51.6 Å². The van der Waals surface area contributed by atoms with Crippen LogP contribution in [0.5, 0.6) is 5.75 Å². The van der Waals surface area contributed by atoms with Crippen molar-refractivity contribution in [2.24, 2.45) is 5.73 Å². The van der Waals surface area contributed by atoms with Crippen LogP contribution in [0, 0.1) is 5.82 Å². The molecule has 3 heterocycles. The summed E-state index contributed by atoms with van der Waals surface area (Å²) in [6.45, 7) is 4.46. The molecular formula is C37H45FN6O5S. The van der Waals surface area contributed by atoms with Crippen molar-refractivity contribution in [1.82, 2.24) is 15.3 Å². The Bertz CT molecular complexity index is 1750. The summed E-state index contributed by atoms with van der Waals surface area (Å²) in [6.07, 6.45) is 2.19. The Labute approximate surface area is 295 Å². The van der Waals surface area contributed by atoms with Gasteiger partial charge in [-0.05, 0) is 53.6 Å². The minimum Gasteiger partial charge on any atom is -0.490 e. The van der Waals surface area contributed by atoms with Gasteiger partial charge in [-0.2, -0.15) is 0 Å². The van der Waals surface area contributed by atoms with Gasteiger partial charge in [-0.1, -0.05) is 24.3 Å². The average molecular weight is 705 g/mol. The number of aromatic nitrogens is 2. The van der Waals surface area contributed by atoms with Gasteiger partial charge in [0.1, 0.15) is 12.5 Å². The fourth-order valence-electron chi connectivity index (χ4n) is 5.19. The fraction of sp³-hybridized carbons (Fsp3) is 0.351. The van der Waals surface area contributed by atoms with Gasteiger partial charge in [-0.25, -0.2) is 4.39 Å². The third-order valence-corrected chi connectivity index (χ3v) is 9.12. The van der Waals surface area contributed by atoms with Crippen LogP contribution in [-0.4, -0.2) is 85.8 Å². The molecule has 6 N–H and O–H groups in total. The summed E-state index contributed by atoms with van der Waals surface area (Å²) >= 11 is 1.62. The van der Waals surface area contributed by atoms with E-state index in [-0.39, 0.29) is 18.8 Å². The van der Waals surface area contributed by atoms with Crippen LogP contribution < -0.4 is 26.0 Å². The van der Waals surface area contributed by atoms with Gasteiger partial charge in [0.15, 0.2) is 11.6 Å². The van der Waals surface area contributed by atoms with Crippen molar-refractivity contribution < 1.29 is 28.8 Å². The van der Waals surface area contributed by atoms with Crippen LogP contribution in [0.15, 0.2) is 85.2 Å². The Morgan fingerprint density at radius 1 is 0.940 bits per heavy atom. The van der Waals surface area contributed by atoms with E-state index in [4.69, 9.17) is 19.9 Å². The molecule has 0 saturated heterocycles. The molecule has 13 heteroatoms. The minimum atomic E-state index is -1.09. The van der Waals surface area contributed by atoms with Crippen LogP contribution in [0.25, 0.3) is 20.8 Å². The van der Waals surface area contributed by atoms with Gasteiger partial charge in [0.05, 0.1) is 53.8 Å². The Balaban J connectivity index is 1.08. The maximum Gasteiger partial charge on any atom is 0.167 e. The number of fused-ring (bicyclic) bond motifs is 1. The molecule has 0 spiro atoms. The van der Waals surface area contributed by atoms with Crippen LogP contribution >= 0.6 is 11.3 Å². The number of aliphatic hydroxyl groups is 2. The molecule has 0 saturated carbocycles. The van der Waals surface area contributed by atoms with E-state index in [2.05, 4.69) is 26.7 Å². The van der Waals surface area contributed by atoms with Gasteiger partial charge in [-0.15, -0.1) is 11.3 Å². The average Bonchev–Trinajstić information content (AvgIpc) is 3.57. The highest BCUT2D eigenvalue weighted by Crippen LogP contribution is 2.34. The Hall–Kier alpha value is -4.21. The predicted molar refractivity (Wildman–Crippen MR) is 196 cm³/mol. The topological polar surface area (TPSA) is 147 Å². The number of nitrogens with two attached hydrogens (primary N) is 1. The zero-order chi connectivity index (χ0) is 35.1. The number of nitrogens with one attached hydrogen (secondary N) is 2. The highest BCUT2D eigenvalue weighted by atomic mass is 32.1. The number of para-hydroxylation sites is 1. The Kier molecular flexibility index (Phi) is 14.3. The molecule has 0 aliphatic heterocycles. The number of nitrogens with zero attached hydrogens (tertiary/aromatic N) is 3.